The lowest BCUT2D eigenvalue weighted by Crippen LogP contribution is -2.21. The van der Waals surface area contributed by atoms with E-state index in [2.05, 4.69) is 0 Å². The Bertz CT molecular complexity index is 534. The zero-order chi connectivity index (χ0) is 15.1. The van der Waals surface area contributed by atoms with Crippen molar-refractivity contribution in [2.75, 3.05) is 6.61 Å². The second-order valence-corrected chi connectivity index (χ2v) is 4.84. The van der Waals surface area contributed by atoms with E-state index in [1.54, 1.807) is 0 Å². The van der Waals surface area contributed by atoms with Crippen LogP contribution in [0.4, 0.5) is 0 Å². The van der Waals surface area contributed by atoms with Crippen molar-refractivity contribution in [3.8, 4) is 11.5 Å². The van der Waals surface area contributed by atoms with Crippen LogP contribution in [-0.4, -0.2) is 22.9 Å². The second-order valence-electron chi connectivity index (χ2n) is 4.84. The summed E-state index contributed by atoms with van der Waals surface area (Å²) in [5, 5.41) is 18.0. The van der Waals surface area contributed by atoms with Gasteiger partial charge >= 0.3 is 0 Å². The molecule has 2 N–H and O–H groups in total. The molecule has 0 bridgehead atoms. The minimum Gasteiger partial charge on any atom is -0.490 e. The number of aliphatic hydroxyl groups is 2. The van der Waals surface area contributed by atoms with Gasteiger partial charge in [-0.1, -0.05) is 24.3 Å². The number of rotatable bonds is 7. The van der Waals surface area contributed by atoms with E-state index in [0.29, 0.717) is 6.61 Å². The first-order valence-electron chi connectivity index (χ1n) is 6.90. The number of hydrogen-bond acceptors (Lipinski definition) is 4. The zero-order valence-corrected chi connectivity index (χ0v) is 12.0. The largest absolute Gasteiger partial charge is 0.490 e. The molecule has 0 aliphatic rings. The Labute approximate surface area is 124 Å². The summed E-state index contributed by atoms with van der Waals surface area (Å²) in [6.45, 7) is 2.43. The average Bonchev–Trinajstić information content (AvgIpc) is 2.54. The topological polar surface area (TPSA) is 58.9 Å². The molecular formula is C17H20O4. The van der Waals surface area contributed by atoms with Crippen molar-refractivity contribution < 1.29 is 19.7 Å². The predicted molar refractivity (Wildman–Crippen MR) is 80.3 cm³/mol. The summed E-state index contributed by atoms with van der Waals surface area (Å²) in [4.78, 5) is 0. The van der Waals surface area contributed by atoms with Crippen LogP contribution in [0.15, 0.2) is 48.5 Å². The Kier molecular flexibility index (Phi) is 5.60. The SMILES string of the molecule is CC(COc1ccc(CO)cc1)Oc1ccc(CO)cc1. The third-order valence-corrected chi connectivity index (χ3v) is 3.03. The molecule has 0 spiro atoms. The van der Waals surface area contributed by atoms with Gasteiger partial charge in [-0.15, -0.1) is 0 Å². The van der Waals surface area contributed by atoms with Gasteiger partial charge in [0.1, 0.15) is 24.2 Å². The van der Waals surface area contributed by atoms with Crippen LogP contribution in [0.2, 0.25) is 0 Å². The Morgan fingerprint density at radius 2 is 1.29 bits per heavy atom. The summed E-state index contributed by atoms with van der Waals surface area (Å²) in [7, 11) is 0. The summed E-state index contributed by atoms with van der Waals surface area (Å²) < 4.78 is 11.4. The summed E-state index contributed by atoms with van der Waals surface area (Å²) in [6.07, 6.45) is -0.0949. The van der Waals surface area contributed by atoms with Gasteiger partial charge in [-0.2, -0.15) is 0 Å². The Balaban J connectivity index is 1.81. The molecule has 2 rings (SSSR count). The molecule has 0 saturated carbocycles. The maximum absolute atomic E-state index is 8.98. The first-order valence-corrected chi connectivity index (χ1v) is 6.90. The highest BCUT2D eigenvalue weighted by molar-refractivity contribution is 5.28. The molecule has 2 aromatic carbocycles. The van der Waals surface area contributed by atoms with Crippen LogP contribution in [0.5, 0.6) is 11.5 Å². The Morgan fingerprint density at radius 3 is 1.76 bits per heavy atom. The lowest BCUT2D eigenvalue weighted by atomic mass is 10.2. The Hall–Kier alpha value is -2.04. The third-order valence-electron chi connectivity index (χ3n) is 3.03. The summed E-state index contributed by atoms with van der Waals surface area (Å²) >= 11 is 0. The highest BCUT2D eigenvalue weighted by Crippen LogP contribution is 2.16. The standard InChI is InChI=1S/C17H20O4/c1-13(21-17-8-4-15(11-19)5-9-17)12-20-16-6-2-14(10-18)3-7-16/h2-9,13,18-19H,10-12H2,1H3. The molecule has 0 aromatic heterocycles. The van der Waals surface area contributed by atoms with Crippen LogP contribution in [0.25, 0.3) is 0 Å². The molecule has 0 amide bonds. The lowest BCUT2D eigenvalue weighted by Gasteiger charge is -2.16. The van der Waals surface area contributed by atoms with Crippen molar-refractivity contribution in [3.63, 3.8) is 0 Å². The molecule has 0 fully saturated rings. The average molecular weight is 288 g/mol. The van der Waals surface area contributed by atoms with Gasteiger partial charge in [0.15, 0.2) is 0 Å². The molecule has 1 atom stereocenters. The van der Waals surface area contributed by atoms with Crippen LogP contribution >= 0.6 is 0 Å². The second kappa shape index (κ2) is 7.67. The monoisotopic (exact) mass is 288 g/mol. The van der Waals surface area contributed by atoms with E-state index in [-0.39, 0.29) is 19.3 Å². The third kappa shape index (κ3) is 4.77. The van der Waals surface area contributed by atoms with Gasteiger partial charge in [-0.05, 0) is 42.3 Å². The van der Waals surface area contributed by atoms with E-state index >= 15 is 0 Å². The van der Waals surface area contributed by atoms with Crippen molar-refractivity contribution in [1.82, 2.24) is 0 Å². The van der Waals surface area contributed by atoms with Gasteiger partial charge in [0, 0.05) is 0 Å². The minimum atomic E-state index is -0.0949. The molecule has 4 nitrogen and oxygen atoms in total. The van der Waals surface area contributed by atoms with Crippen LogP contribution in [0, 0.1) is 0 Å². The first-order chi connectivity index (χ1) is 10.2. The summed E-state index contributed by atoms with van der Waals surface area (Å²) in [5.74, 6) is 1.50. The lowest BCUT2D eigenvalue weighted by molar-refractivity contribution is 0.143. The quantitative estimate of drug-likeness (QED) is 0.822. The van der Waals surface area contributed by atoms with Gasteiger partial charge in [-0.3, -0.25) is 0 Å². The number of aliphatic hydroxyl groups excluding tert-OH is 2. The molecule has 0 aliphatic carbocycles. The van der Waals surface area contributed by atoms with E-state index in [0.717, 1.165) is 22.6 Å². The smallest absolute Gasteiger partial charge is 0.130 e. The number of ether oxygens (including phenoxy) is 2. The normalized spacial score (nSPS) is 12.0. The molecule has 21 heavy (non-hydrogen) atoms. The minimum absolute atomic E-state index is 0.0305. The molecule has 0 aliphatic heterocycles. The van der Waals surface area contributed by atoms with E-state index in [4.69, 9.17) is 19.7 Å². The molecule has 0 heterocycles. The highest BCUT2D eigenvalue weighted by Gasteiger charge is 2.05. The molecular weight excluding hydrogens is 268 g/mol. The van der Waals surface area contributed by atoms with Crippen LogP contribution in [-0.2, 0) is 13.2 Å². The van der Waals surface area contributed by atoms with Crippen LogP contribution < -0.4 is 9.47 Å². The fraction of sp³-hybridized carbons (Fsp3) is 0.294. The first kappa shape index (κ1) is 15.4. The van der Waals surface area contributed by atoms with Gasteiger partial charge < -0.3 is 19.7 Å². The highest BCUT2D eigenvalue weighted by atomic mass is 16.5. The molecule has 112 valence electrons. The fourth-order valence-electron chi connectivity index (χ4n) is 1.84. The van der Waals surface area contributed by atoms with Crippen molar-refractivity contribution in [3.05, 3.63) is 59.7 Å². The van der Waals surface area contributed by atoms with Crippen molar-refractivity contribution in [2.24, 2.45) is 0 Å². The van der Waals surface area contributed by atoms with Gasteiger partial charge in [0.25, 0.3) is 0 Å². The molecule has 2 aromatic rings. The zero-order valence-electron chi connectivity index (χ0n) is 12.0. The number of hydrogen-bond donors (Lipinski definition) is 2. The van der Waals surface area contributed by atoms with Crippen LogP contribution in [0.1, 0.15) is 18.1 Å². The van der Waals surface area contributed by atoms with Crippen molar-refractivity contribution in [2.45, 2.75) is 26.2 Å². The van der Waals surface area contributed by atoms with Gasteiger partial charge in [0.2, 0.25) is 0 Å². The van der Waals surface area contributed by atoms with Crippen molar-refractivity contribution in [1.29, 1.82) is 0 Å². The van der Waals surface area contributed by atoms with Gasteiger partial charge in [-0.25, -0.2) is 0 Å². The maximum Gasteiger partial charge on any atom is 0.130 e. The molecule has 0 saturated heterocycles. The molecule has 0 radical (unpaired) electrons. The molecule has 4 heteroatoms. The van der Waals surface area contributed by atoms with Crippen LogP contribution in [0.3, 0.4) is 0 Å². The Morgan fingerprint density at radius 1 is 0.810 bits per heavy atom. The van der Waals surface area contributed by atoms with Gasteiger partial charge in [0.05, 0.1) is 13.2 Å². The van der Waals surface area contributed by atoms with Crippen molar-refractivity contribution >= 4 is 0 Å². The maximum atomic E-state index is 8.98. The summed E-state index contributed by atoms with van der Waals surface area (Å²) in [6, 6.07) is 14.6. The summed E-state index contributed by atoms with van der Waals surface area (Å²) in [5.41, 5.74) is 1.71. The molecule has 1 unspecified atom stereocenters. The fourth-order valence-corrected chi connectivity index (χ4v) is 1.84. The predicted octanol–water partition coefficient (Wildman–Crippen LogP) is 2.52. The van der Waals surface area contributed by atoms with E-state index in [9.17, 15) is 0 Å². The number of benzene rings is 2. The van der Waals surface area contributed by atoms with E-state index in [1.807, 2.05) is 55.5 Å². The van der Waals surface area contributed by atoms with E-state index in [1.165, 1.54) is 0 Å². The van der Waals surface area contributed by atoms with E-state index < -0.39 is 0 Å².